The molecule has 1 aromatic heterocycles. The van der Waals surface area contributed by atoms with Crippen molar-refractivity contribution in [1.82, 2.24) is 4.98 Å². The van der Waals surface area contributed by atoms with Gasteiger partial charge in [-0.15, -0.1) is 11.3 Å². The van der Waals surface area contributed by atoms with Crippen molar-refractivity contribution in [3.63, 3.8) is 0 Å². The van der Waals surface area contributed by atoms with E-state index in [1.165, 1.54) is 0 Å². The Kier molecular flexibility index (Phi) is 2.85. The Labute approximate surface area is 77.3 Å². The first-order chi connectivity index (χ1) is 5.53. The predicted molar refractivity (Wildman–Crippen MR) is 51.4 cm³/mol. The van der Waals surface area contributed by atoms with Crippen LogP contribution in [-0.2, 0) is 6.42 Å². The Morgan fingerprint density at radius 3 is 2.67 bits per heavy atom. The smallest absolute Gasteiger partial charge is 0.0934 e. The molecule has 0 aliphatic carbocycles. The zero-order valence-corrected chi connectivity index (χ0v) is 8.61. The standard InChI is InChI=1S/C9H15NOS/c1-7-5-12-8(10-7)4-9(2,3)6-11/h5,11H,4,6H2,1-3H3. The monoisotopic (exact) mass is 185 g/mol. The van der Waals surface area contributed by atoms with Crippen molar-refractivity contribution in [2.24, 2.45) is 5.41 Å². The highest BCUT2D eigenvalue weighted by atomic mass is 32.1. The van der Waals surface area contributed by atoms with E-state index in [0.29, 0.717) is 0 Å². The van der Waals surface area contributed by atoms with Crippen molar-refractivity contribution in [2.45, 2.75) is 27.2 Å². The zero-order chi connectivity index (χ0) is 9.19. The number of rotatable bonds is 3. The number of thiazole rings is 1. The van der Waals surface area contributed by atoms with E-state index in [1.54, 1.807) is 11.3 Å². The molecule has 3 heteroatoms. The van der Waals surface area contributed by atoms with E-state index in [9.17, 15) is 0 Å². The summed E-state index contributed by atoms with van der Waals surface area (Å²) in [6, 6.07) is 0. The summed E-state index contributed by atoms with van der Waals surface area (Å²) in [6.45, 7) is 6.30. The third kappa shape index (κ3) is 2.57. The fourth-order valence-corrected chi connectivity index (χ4v) is 1.98. The van der Waals surface area contributed by atoms with Gasteiger partial charge in [0, 0.05) is 24.1 Å². The average Bonchev–Trinajstić information content (AvgIpc) is 2.35. The molecule has 0 unspecified atom stereocenters. The van der Waals surface area contributed by atoms with Crippen molar-refractivity contribution in [3.8, 4) is 0 Å². The molecule has 2 nitrogen and oxygen atoms in total. The lowest BCUT2D eigenvalue weighted by Crippen LogP contribution is -2.19. The highest BCUT2D eigenvalue weighted by molar-refractivity contribution is 7.09. The van der Waals surface area contributed by atoms with E-state index in [4.69, 9.17) is 5.11 Å². The Bertz CT molecular complexity index is 255. The third-order valence-corrected chi connectivity index (χ3v) is 2.69. The molecule has 0 saturated heterocycles. The lowest BCUT2D eigenvalue weighted by atomic mass is 9.91. The first-order valence-corrected chi connectivity index (χ1v) is 4.93. The molecule has 0 atom stereocenters. The second-order valence-corrected chi connectivity index (χ2v) is 4.82. The number of hydrogen-bond acceptors (Lipinski definition) is 3. The molecule has 12 heavy (non-hydrogen) atoms. The molecule has 0 saturated carbocycles. The Hall–Kier alpha value is -0.410. The second-order valence-electron chi connectivity index (χ2n) is 3.88. The van der Waals surface area contributed by atoms with Crippen LogP contribution in [0.25, 0.3) is 0 Å². The molecule has 1 rings (SSSR count). The summed E-state index contributed by atoms with van der Waals surface area (Å²) in [5, 5.41) is 12.2. The van der Waals surface area contributed by atoms with Gasteiger partial charge in [-0.25, -0.2) is 4.98 Å². The van der Waals surface area contributed by atoms with Crippen molar-refractivity contribution >= 4 is 11.3 Å². The molecule has 0 amide bonds. The van der Waals surface area contributed by atoms with Gasteiger partial charge in [0.05, 0.1) is 5.01 Å². The summed E-state index contributed by atoms with van der Waals surface area (Å²) in [4.78, 5) is 4.35. The highest BCUT2D eigenvalue weighted by Crippen LogP contribution is 2.22. The zero-order valence-electron chi connectivity index (χ0n) is 7.79. The molecule has 1 heterocycles. The lowest BCUT2D eigenvalue weighted by Gasteiger charge is -2.19. The maximum Gasteiger partial charge on any atom is 0.0934 e. The van der Waals surface area contributed by atoms with E-state index < -0.39 is 0 Å². The quantitative estimate of drug-likeness (QED) is 0.781. The van der Waals surface area contributed by atoms with Crippen LogP contribution in [0, 0.1) is 12.3 Å². The average molecular weight is 185 g/mol. The summed E-state index contributed by atoms with van der Waals surface area (Å²) < 4.78 is 0. The molecule has 1 aromatic rings. The molecule has 0 aliphatic heterocycles. The summed E-state index contributed by atoms with van der Waals surface area (Å²) >= 11 is 1.67. The Balaban J connectivity index is 2.63. The molecule has 1 N–H and O–H groups in total. The van der Waals surface area contributed by atoms with Crippen LogP contribution in [0.3, 0.4) is 0 Å². The van der Waals surface area contributed by atoms with E-state index in [2.05, 4.69) is 4.98 Å². The van der Waals surface area contributed by atoms with Crippen LogP contribution in [0.1, 0.15) is 24.5 Å². The van der Waals surface area contributed by atoms with Gasteiger partial charge in [-0.05, 0) is 12.3 Å². The van der Waals surface area contributed by atoms with Crippen molar-refractivity contribution in [3.05, 3.63) is 16.1 Å². The number of aliphatic hydroxyl groups is 1. The molecule has 0 aliphatic rings. The molecule has 0 aromatic carbocycles. The fourth-order valence-electron chi connectivity index (χ4n) is 0.949. The van der Waals surface area contributed by atoms with Crippen LogP contribution < -0.4 is 0 Å². The van der Waals surface area contributed by atoms with Gasteiger partial charge in [0.25, 0.3) is 0 Å². The minimum absolute atomic E-state index is 0.0374. The van der Waals surface area contributed by atoms with E-state index >= 15 is 0 Å². The summed E-state index contributed by atoms with van der Waals surface area (Å²) in [6.07, 6.45) is 0.863. The normalized spacial score (nSPS) is 12.0. The third-order valence-electron chi connectivity index (χ3n) is 1.72. The molecule has 68 valence electrons. The summed E-state index contributed by atoms with van der Waals surface area (Å²) in [5.74, 6) is 0. The summed E-state index contributed by atoms with van der Waals surface area (Å²) in [5.41, 5.74) is 1.04. The van der Waals surface area contributed by atoms with Crippen molar-refractivity contribution in [1.29, 1.82) is 0 Å². The van der Waals surface area contributed by atoms with E-state index in [1.807, 2.05) is 26.2 Å². The van der Waals surface area contributed by atoms with Gasteiger partial charge in [-0.3, -0.25) is 0 Å². The van der Waals surface area contributed by atoms with E-state index in [0.717, 1.165) is 17.1 Å². The van der Waals surface area contributed by atoms with Gasteiger partial charge in [-0.1, -0.05) is 13.8 Å². The minimum atomic E-state index is -0.0374. The highest BCUT2D eigenvalue weighted by Gasteiger charge is 2.18. The number of aliphatic hydroxyl groups excluding tert-OH is 1. The molecule has 0 spiro atoms. The van der Waals surface area contributed by atoms with Crippen molar-refractivity contribution < 1.29 is 5.11 Å². The van der Waals surface area contributed by atoms with Gasteiger partial charge in [-0.2, -0.15) is 0 Å². The fraction of sp³-hybridized carbons (Fsp3) is 0.667. The number of hydrogen-bond donors (Lipinski definition) is 1. The second kappa shape index (κ2) is 3.54. The van der Waals surface area contributed by atoms with Crippen LogP contribution in [0.4, 0.5) is 0 Å². The number of nitrogens with zero attached hydrogens (tertiary/aromatic N) is 1. The topological polar surface area (TPSA) is 33.1 Å². The van der Waals surface area contributed by atoms with Crippen LogP contribution in [-0.4, -0.2) is 16.7 Å². The minimum Gasteiger partial charge on any atom is -0.396 e. The Morgan fingerprint density at radius 2 is 2.25 bits per heavy atom. The molecular formula is C9H15NOS. The molecular weight excluding hydrogens is 170 g/mol. The maximum atomic E-state index is 9.04. The largest absolute Gasteiger partial charge is 0.396 e. The van der Waals surface area contributed by atoms with Crippen LogP contribution in [0.5, 0.6) is 0 Å². The van der Waals surface area contributed by atoms with Crippen LogP contribution in [0.2, 0.25) is 0 Å². The first kappa shape index (κ1) is 9.68. The van der Waals surface area contributed by atoms with E-state index in [-0.39, 0.29) is 12.0 Å². The SMILES string of the molecule is Cc1csc(CC(C)(C)CO)n1. The summed E-state index contributed by atoms with van der Waals surface area (Å²) in [7, 11) is 0. The maximum absolute atomic E-state index is 9.04. The van der Waals surface area contributed by atoms with Gasteiger partial charge in [0.15, 0.2) is 0 Å². The Morgan fingerprint density at radius 1 is 1.58 bits per heavy atom. The first-order valence-electron chi connectivity index (χ1n) is 4.05. The molecule has 0 radical (unpaired) electrons. The predicted octanol–water partition coefficient (Wildman–Crippen LogP) is 2.01. The molecule has 0 fully saturated rings. The van der Waals surface area contributed by atoms with Crippen molar-refractivity contribution in [2.75, 3.05) is 6.61 Å². The van der Waals surface area contributed by atoms with Gasteiger partial charge < -0.3 is 5.11 Å². The number of aromatic nitrogens is 1. The number of aryl methyl sites for hydroxylation is 1. The van der Waals surface area contributed by atoms with Crippen LogP contribution in [0.15, 0.2) is 5.38 Å². The van der Waals surface area contributed by atoms with Gasteiger partial charge >= 0.3 is 0 Å². The van der Waals surface area contributed by atoms with Gasteiger partial charge in [0.2, 0.25) is 0 Å². The lowest BCUT2D eigenvalue weighted by molar-refractivity contribution is 0.159. The molecule has 0 bridgehead atoms. The van der Waals surface area contributed by atoms with Gasteiger partial charge in [0.1, 0.15) is 0 Å². The van der Waals surface area contributed by atoms with Crippen LogP contribution >= 0.6 is 11.3 Å².